The summed E-state index contributed by atoms with van der Waals surface area (Å²) in [5.41, 5.74) is 5.81. The number of rotatable bonds is 4. The predicted octanol–water partition coefficient (Wildman–Crippen LogP) is 5.00. The summed E-state index contributed by atoms with van der Waals surface area (Å²) in [6, 6.07) is 5.81. The minimum atomic E-state index is -0.998. The average molecular weight is 353 g/mol. The van der Waals surface area contributed by atoms with E-state index in [2.05, 4.69) is 0 Å². The monoisotopic (exact) mass is 351 g/mol. The first-order chi connectivity index (χ1) is 9.90. The van der Waals surface area contributed by atoms with Gasteiger partial charge in [0, 0.05) is 10.6 Å². The third-order valence-corrected chi connectivity index (χ3v) is 3.53. The van der Waals surface area contributed by atoms with Crippen LogP contribution in [0.25, 0.3) is 0 Å². The second-order valence-electron chi connectivity index (χ2n) is 4.26. The maximum absolute atomic E-state index is 13.6. The molecule has 2 aromatic carbocycles. The van der Waals surface area contributed by atoms with Gasteiger partial charge < -0.3 is 10.5 Å². The Morgan fingerprint density at radius 3 is 2.33 bits per heavy atom. The van der Waals surface area contributed by atoms with Gasteiger partial charge in [-0.3, -0.25) is 0 Å². The molecular weight excluding hydrogens is 343 g/mol. The van der Waals surface area contributed by atoms with Gasteiger partial charge in [0.05, 0.1) is 16.1 Å². The highest BCUT2D eigenvalue weighted by Gasteiger charge is 2.17. The highest BCUT2D eigenvalue weighted by molar-refractivity contribution is 6.40. The normalized spacial score (nSPS) is 12.3. The van der Waals surface area contributed by atoms with Gasteiger partial charge in [-0.15, -0.1) is 0 Å². The van der Waals surface area contributed by atoms with Crippen LogP contribution >= 0.6 is 34.8 Å². The average Bonchev–Trinajstić information content (AvgIpc) is 2.40. The van der Waals surface area contributed by atoms with Crippen LogP contribution in [0.3, 0.4) is 0 Å². The molecule has 0 heterocycles. The molecule has 1 unspecified atom stereocenters. The van der Waals surface area contributed by atoms with E-state index in [0.29, 0.717) is 5.02 Å². The summed E-state index contributed by atoms with van der Waals surface area (Å²) in [4.78, 5) is 0. The van der Waals surface area contributed by atoms with Gasteiger partial charge in [0.15, 0.2) is 17.4 Å². The molecule has 2 rings (SSSR count). The molecule has 2 nitrogen and oxygen atoms in total. The summed E-state index contributed by atoms with van der Waals surface area (Å²) in [5, 5.41) is 0.775. The molecule has 7 heteroatoms. The maximum Gasteiger partial charge on any atom is 0.163 e. The lowest BCUT2D eigenvalue weighted by atomic mass is 10.1. The molecule has 0 amide bonds. The topological polar surface area (TPSA) is 35.2 Å². The van der Waals surface area contributed by atoms with Crippen LogP contribution < -0.4 is 10.5 Å². The standard InChI is InChI=1S/C14H10Cl3F2NO/c15-7-4-9(16)14(10(17)5-7)21-6-12(20)8-2-1-3-11(18)13(8)19/h1-5,12H,6,20H2. The van der Waals surface area contributed by atoms with Gasteiger partial charge in [-0.2, -0.15) is 0 Å². The summed E-state index contributed by atoms with van der Waals surface area (Å²) >= 11 is 17.7. The molecule has 0 saturated carbocycles. The number of nitrogens with two attached hydrogens (primary N) is 1. The van der Waals surface area contributed by atoms with E-state index in [1.54, 1.807) is 0 Å². The number of hydrogen-bond acceptors (Lipinski definition) is 2. The zero-order chi connectivity index (χ0) is 15.6. The van der Waals surface area contributed by atoms with E-state index < -0.39 is 17.7 Å². The van der Waals surface area contributed by atoms with E-state index in [0.717, 1.165) is 6.07 Å². The van der Waals surface area contributed by atoms with Crippen LogP contribution in [0, 0.1) is 11.6 Å². The Hall–Kier alpha value is -1.07. The van der Waals surface area contributed by atoms with Gasteiger partial charge in [-0.1, -0.05) is 46.9 Å². The molecule has 0 aliphatic rings. The van der Waals surface area contributed by atoms with Crippen LogP contribution in [0.2, 0.25) is 15.1 Å². The number of ether oxygens (including phenoxy) is 1. The molecular formula is C14H10Cl3F2NO. The smallest absolute Gasteiger partial charge is 0.163 e. The van der Waals surface area contributed by atoms with E-state index in [1.807, 2.05) is 0 Å². The van der Waals surface area contributed by atoms with Crippen LogP contribution in [0.1, 0.15) is 11.6 Å². The van der Waals surface area contributed by atoms with Crippen LogP contribution in [0.15, 0.2) is 30.3 Å². The van der Waals surface area contributed by atoms with Crippen molar-refractivity contribution in [1.82, 2.24) is 0 Å². The third kappa shape index (κ3) is 3.77. The van der Waals surface area contributed by atoms with Crippen molar-refractivity contribution < 1.29 is 13.5 Å². The molecule has 0 fully saturated rings. The van der Waals surface area contributed by atoms with Crippen molar-refractivity contribution in [1.29, 1.82) is 0 Å². The Labute approximate surface area is 135 Å². The molecule has 0 spiro atoms. The van der Waals surface area contributed by atoms with Crippen molar-refractivity contribution in [2.24, 2.45) is 5.73 Å². The van der Waals surface area contributed by atoms with Crippen LogP contribution in [0.5, 0.6) is 5.75 Å². The van der Waals surface area contributed by atoms with E-state index in [1.165, 1.54) is 24.3 Å². The Morgan fingerprint density at radius 2 is 1.71 bits per heavy atom. The molecule has 0 aliphatic heterocycles. The molecule has 0 bridgehead atoms. The van der Waals surface area contributed by atoms with E-state index >= 15 is 0 Å². The highest BCUT2D eigenvalue weighted by atomic mass is 35.5. The second kappa shape index (κ2) is 6.79. The molecule has 0 aliphatic carbocycles. The fraction of sp³-hybridized carbons (Fsp3) is 0.143. The summed E-state index contributed by atoms with van der Waals surface area (Å²) in [5.74, 6) is -1.78. The lowest BCUT2D eigenvalue weighted by molar-refractivity contribution is 0.287. The summed E-state index contributed by atoms with van der Waals surface area (Å²) in [7, 11) is 0. The molecule has 21 heavy (non-hydrogen) atoms. The highest BCUT2D eigenvalue weighted by Crippen LogP contribution is 2.36. The largest absolute Gasteiger partial charge is 0.488 e. The number of halogens is 5. The first-order valence-corrected chi connectivity index (χ1v) is 7.00. The fourth-order valence-electron chi connectivity index (χ4n) is 1.74. The zero-order valence-electron chi connectivity index (χ0n) is 10.5. The molecule has 2 N–H and O–H groups in total. The minimum Gasteiger partial charge on any atom is -0.488 e. The van der Waals surface area contributed by atoms with E-state index in [9.17, 15) is 8.78 Å². The zero-order valence-corrected chi connectivity index (χ0v) is 12.8. The molecule has 1 atom stereocenters. The second-order valence-corrected chi connectivity index (χ2v) is 5.51. The van der Waals surface area contributed by atoms with Crippen molar-refractivity contribution in [3.8, 4) is 5.75 Å². The van der Waals surface area contributed by atoms with Crippen LogP contribution in [-0.4, -0.2) is 6.61 Å². The summed E-state index contributed by atoms with van der Waals surface area (Å²) < 4.78 is 32.2. The summed E-state index contributed by atoms with van der Waals surface area (Å²) in [6.45, 7) is -0.124. The fourth-order valence-corrected chi connectivity index (χ4v) is 2.66. The summed E-state index contributed by atoms with van der Waals surface area (Å²) in [6.07, 6.45) is 0. The van der Waals surface area contributed by atoms with Crippen molar-refractivity contribution in [2.75, 3.05) is 6.61 Å². The first kappa shape index (κ1) is 16.3. The number of hydrogen-bond donors (Lipinski definition) is 1. The predicted molar refractivity (Wildman–Crippen MR) is 80.3 cm³/mol. The molecule has 112 valence electrons. The first-order valence-electron chi connectivity index (χ1n) is 5.87. The molecule has 0 radical (unpaired) electrons. The van der Waals surface area contributed by atoms with Gasteiger partial charge in [-0.25, -0.2) is 8.78 Å². The van der Waals surface area contributed by atoms with Crippen molar-refractivity contribution in [2.45, 2.75) is 6.04 Å². The molecule has 2 aromatic rings. The van der Waals surface area contributed by atoms with Gasteiger partial charge in [0.1, 0.15) is 6.61 Å². The maximum atomic E-state index is 13.6. The molecule has 0 aromatic heterocycles. The van der Waals surface area contributed by atoms with E-state index in [4.69, 9.17) is 45.3 Å². The Balaban J connectivity index is 2.15. The van der Waals surface area contributed by atoms with Crippen molar-refractivity contribution >= 4 is 34.8 Å². The van der Waals surface area contributed by atoms with Crippen molar-refractivity contribution in [3.05, 3.63) is 62.6 Å². The van der Waals surface area contributed by atoms with Gasteiger partial charge in [0.25, 0.3) is 0 Å². The van der Waals surface area contributed by atoms with Crippen molar-refractivity contribution in [3.63, 3.8) is 0 Å². The third-order valence-electron chi connectivity index (χ3n) is 2.75. The van der Waals surface area contributed by atoms with Gasteiger partial charge in [-0.05, 0) is 18.2 Å². The Bertz CT molecular complexity index is 644. The molecule has 0 saturated heterocycles. The Kier molecular flexibility index (Phi) is 5.27. The SMILES string of the molecule is NC(COc1c(Cl)cc(Cl)cc1Cl)c1cccc(F)c1F. The minimum absolute atomic E-state index is 0.0104. The van der Waals surface area contributed by atoms with E-state index in [-0.39, 0.29) is 28.0 Å². The Morgan fingerprint density at radius 1 is 1.10 bits per heavy atom. The van der Waals surface area contributed by atoms with Gasteiger partial charge in [0.2, 0.25) is 0 Å². The lowest BCUT2D eigenvalue weighted by Gasteiger charge is -2.16. The van der Waals surface area contributed by atoms with Crippen LogP contribution in [-0.2, 0) is 0 Å². The quantitative estimate of drug-likeness (QED) is 0.840. The number of benzene rings is 2. The van der Waals surface area contributed by atoms with Crippen LogP contribution in [0.4, 0.5) is 8.78 Å². The van der Waals surface area contributed by atoms with Gasteiger partial charge >= 0.3 is 0 Å². The lowest BCUT2D eigenvalue weighted by Crippen LogP contribution is -2.21.